The molecule has 1 N–H and O–H groups in total. The van der Waals surface area contributed by atoms with Crippen molar-refractivity contribution in [3.8, 4) is 11.5 Å². The maximum Gasteiger partial charge on any atom is 0.309 e. The first-order valence-electron chi connectivity index (χ1n) is 6.22. The van der Waals surface area contributed by atoms with E-state index < -0.39 is 11.4 Å². The van der Waals surface area contributed by atoms with Gasteiger partial charge in [-0.25, -0.2) is 0 Å². The van der Waals surface area contributed by atoms with Gasteiger partial charge in [-0.05, 0) is 32.4 Å². The molecule has 4 nitrogen and oxygen atoms in total. The Balaban J connectivity index is 2.42. The maximum absolute atomic E-state index is 11.3. The van der Waals surface area contributed by atoms with Crippen LogP contribution in [0.2, 0.25) is 5.02 Å². The Bertz CT molecular complexity index is 496. The Morgan fingerprint density at radius 3 is 2.74 bits per heavy atom. The molecule has 0 amide bonds. The average Bonchev–Trinajstić information content (AvgIpc) is 2.58. The zero-order valence-electron chi connectivity index (χ0n) is 11.0. The lowest BCUT2D eigenvalue weighted by atomic mass is 9.85. The molecule has 0 saturated heterocycles. The molecule has 0 fully saturated rings. The van der Waals surface area contributed by atoms with Gasteiger partial charge < -0.3 is 14.6 Å². The second kappa shape index (κ2) is 5.29. The summed E-state index contributed by atoms with van der Waals surface area (Å²) in [6, 6.07) is 3.49. The SMILES string of the molecule is CC(C)(Cc1c(Cl)ccc2c1OCCCO2)C(=O)O. The Labute approximate surface area is 117 Å². The minimum atomic E-state index is -0.908. The molecular weight excluding hydrogens is 268 g/mol. The van der Waals surface area contributed by atoms with Crippen molar-refractivity contribution in [1.29, 1.82) is 0 Å². The number of hydrogen-bond acceptors (Lipinski definition) is 3. The van der Waals surface area contributed by atoms with Crippen LogP contribution in [0, 0.1) is 5.41 Å². The predicted octanol–water partition coefficient (Wildman–Crippen LogP) is 3.15. The van der Waals surface area contributed by atoms with Crippen molar-refractivity contribution in [1.82, 2.24) is 0 Å². The lowest BCUT2D eigenvalue weighted by Gasteiger charge is -2.22. The summed E-state index contributed by atoms with van der Waals surface area (Å²) >= 11 is 6.20. The Hall–Kier alpha value is -1.42. The van der Waals surface area contributed by atoms with E-state index in [9.17, 15) is 9.90 Å². The molecule has 1 aromatic rings. The zero-order valence-corrected chi connectivity index (χ0v) is 11.8. The molecule has 1 aromatic carbocycles. The molecule has 0 saturated carbocycles. The summed E-state index contributed by atoms with van der Waals surface area (Å²) in [5, 5.41) is 9.75. The number of halogens is 1. The van der Waals surface area contributed by atoms with E-state index in [0.717, 1.165) is 6.42 Å². The van der Waals surface area contributed by atoms with E-state index in [1.807, 2.05) is 0 Å². The third-order valence-corrected chi connectivity index (χ3v) is 3.51. The summed E-state index contributed by atoms with van der Waals surface area (Å²) in [7, 11) is 0. The third-order valence-electron chi connectivity index (χ3n) is 3.16. The highest BCUT2D eigenvalue weighted by molar-refractivity contribution is 6.31. The van der Waals surface area contributed by atoms with Gasteiger partial charge in [-0.2, -0.15) is 0 Å². The highest BCUT2D eigenvalue weighted by atomic mass is 35.5. The molecule has 2 rings (SSSR count). The minimum Gasteiger partial charge on any atom is -0.490 e. The predicted molar refractivity (Wildman–Crippen MR) is 72.2 cm³/mol. The van der Waals surface area contributed by atoms with Gasteiger partial charge in [0.05, 0.1) is 18.6 Å². The number of hydrogen-bond donors (Lipinski definition) is 1. The molecule has 0 atom stereocenters. The quantitative estimate of drug-likeness (QED) is 0.926. The number of ether oxygens (including phenoxy) is 2. The fourth-order valence-corrected chi connectivity index (χ4v) is 2.17. The van der Waals surface area contributed by atoms with E-state index >= 15 is 0 Å². The van der Waals surface area contributed by atoms with E-state index in [1.54, 1.807) is 26.0 Å². The highest BCUT2D eigenvalue weighted by Crippen LogP contribution is 2.40. The van der Waals surface area contributed by atoms with Gasteiger partial charge in [-0.1, -0.05) is 11.6 Å². The first kappa shape index (κ1) is 14.0. The van der Waals surface area contributed by atoms with E-state index in [1.165, 1.54) is 0 Å². The number of benzene rings is 1. The van der Waals surface area contributed by atoms with Crippen LogP contribution in [0.4, 0.5) is 0 Å². The van der Waals surface area contributed by atoms with Crippen LogP contribution in [-0.2, 0) is 11.2 Å². The van der Waals surface area contributed by atoms with Crippen molar-refractivity contribution in [3.05, 3.63) is 22.7 Å². The van der Waals surface area contributed by atoms with Crippen molar-refractivity contribution in [2.75, 3.05) is 13.2 Å². The molecule has 1 aliphatic heterocycles. The minimum absolute atomic E-state index is 0.299. The molecule has 0 aliphatic carbocycles. The monoisotopic (exact) mass is 284 g/mol. The van der Waals surface area contributed by atoms with Crippen LogP contribution >= 0.6 is 11.6 Å². The van der Waals surface area contributed by atoms with Gasteiger partial charge in [0.25, 0.3) is 0 Å². The van der Waals surface area contributed by atoms with Gasteiger partial charge in [-0.3, -0.25) is 4.79 Å². The smallest absolute Gasteiger partial charge is 0.309 e. The molecule has 0 radical (unpaired) electrons. The number of fused-ring (bicyclic) bond motifs is 1. The van der Waals surface area contributed by atoms with Crippen LogP contribution in [0.1, 0.15) is 25.8 Å². The molecule has 0 unspecified atom stereocenters. The fraction of sp³-hybridized carbons (Fsp3) is 0.500. The van der Waals surface area contributed by atoms with Crippen LogP contribution in [0.15, 0.2) is 12.1 Å². The van der Waals surface area contributed by atoms with Crippen LogP contribution < -0.4 is 9.47 Å². The average molecular weight is 285 g/mol. The van der Waals surface area contributed by atoms with Crippen LogP contribution in [0.25, 0.3) is 0 Å². The molecule has 0 bridgehead atoms. The molecular formula is C14H17ClO4. The third kappa shape index (κ3) is 2.95. The van der Waals surface area contributed by atoms with E-state index in [-0.39, 0.29) is 0 Å². The molecule has 19 heavy (non-hydrogen) atoms. The van der Waals surface area contributed by atoms with Gasteiger partial charge in [0.1, 0.15) is 0 Å². The number of carbonyl (C=O) groups is 1. The van der Waals surface area contributed by atoms with Gasteiger partial charge in [0.2, 0.25) is 0 Å². The van der Waals surface area contributed by atoms with E-state index in [2.05, 4.69) is 0 Å². The number of carboxylic acid groups (broad SMARTS) is 1. The van der Waals surface area contributed by atoms with Crippen molar-refractivity contribution < 1.29 is 19.4 Å². The van der Waals surface area contributed by atoms with E-state index in [0.29, 0.717) is 41.7 Å². The summed E-state index contributed by atoms with van der Waals surface area (Å²) < 4.78 is 11.3. The van der Waals surface area contributed by atoms with Crippen molar-refractivity contribution in [2.45, 2.75) is 26.7 Å². The van der Waals surface area contributed by atoms with Crippen molar-refractivity contribution >= 4 is 17.6 Å². The van der Waals surface area contributed by atoms with Crippen molar-refractivity contribution in [2.24, 2.45) is 5.41 Å². The van der Waals surface area contributed by atoms with Gasteiger partial charge in [0, 0.05) is 17.0 Å². The fourth-order valence-electron chi connectivity index (χ4n) is 1.95. The summed E-state index contributed by atoms with van der Waals surface area (Å²) in [4.78, 5) is 11.3. The Morgan fingerprint density at radius 1 is 1.37 bits per heavy atom. The number of carboxylic acids is 1. The van der Waals surface area contributed by atoms with Gasteiger partial charge >= 0.3 is 5.97 Å². The molecule has 104 valence electrons. The first-order valence-corrected chi connectivity index (χ1v) is 6.60. The topological polar surface area (TPSA) is 55.8 Å². The zero-order chi connectivity index (χ0) is 14.0. The molecule has 1 heterocycles. The summed E-state index contributed by atoms with van der Waals surface area (Å²) in [6.07, 6.45) is 1.10. The molecule has 5 heteroatoms. The van der Waals surface area contributed by atoms with E-state index in [4.69, 9.17) is 21.1 Å². The summed E-state index contributed by atoms with van der Waals surface area (Å²) in [5.41, 5.74) is -0.206. The highest BCUT2D eigenvalue weighted by Gasteiger charge is 2.31. The number of aliphatic carboxylic acids is 1. The van der Waals surface area contributed by atoms with Gasteiger partial charge in [-0.15, -0.1) is 0 Å². The maximum atomic E-state index is 11.3. The second-order valence-electron chi connectivity index (χ2n) is 5.27. The second-order valence-corrected chi connectivity index (χ2v) is 5.68. The summed E-state index contributed by atoms with van der Waals surface area (Å²) in [5.74, 6) is 0.355. The molecule has 1 aliphatic rings. The van der Waals surface area contributed by atoms with Crippen LogP contribution in [-0.4, -0.2) is 24.3 Å². The summed E-state index contributed by atoms with van der Waals surface area (Å²) in [6.45, 7) is 4.48. The largest absolute Gasteiger partial charge is 0.490 e. The standard InChI is InChI=1S/C14H17ClO4/c1-14(2,13(16)17)8-9-10(15)4-5-11-12(9)19-7-3-6-18-11/h4-5H,3,6-8H2,1-2H3,(H,16,17). The lowest BCUT2D eigenvalue weighted by molar-refractivity contribution is -0.146. The van der Waals surface area contributed by atoms with Crippen molar-refractivity contribution in [3.63, 3.8) is 0 Å². The Morgan fingerprint density at radius 2 is 2.05 bits per heavy atom. The molecule has 0 aromatic heterocycles. The molecule has 0 spiro atoms. The lowest BCUT2D eigenvalue weighted by Crippen LogP contribution is -2.26. The normalized spacial score (nSPS) is 14.9. The van der Waals surface area contributed by atoms with Crippen LogP contribution in [0.5, 0.6) is 11.5 Å². The van der Waals surface area contributed by atoms with Gasteiger partial charge in [0.15, 0.2) is 11.5 Å². The number of rotatable bonds is 3. The first-order chi connectivity index (χ1) is 8.92. The van der Waals surface area contributed by atoms with Crippen LogP contribution in [0.3, 0.4) is 0 Å². The Kier molecular flexibility index (Phi) is 3.90.